The molecule has 3 aliphatic rings. The number of hydrogen-bond acceptors (Lipinski definition) is 8. The van der Waals surface area contributed by atoms with E-state index in [1.807, 2.05) is 25.4 Å². The molecule has 0 unspecified atom stereocenters. The molecule has 3 fully saturated rings. The van der Waals surface area contributed by atoms with Crippen molar-refractivity contribution in [2.24, 2.45) is 11.8 Å². The Morgan fingerprint density at radius 2 is 1.94 bits per heavy atom. The van der Waals surface area contributed by atoms with Gasteiger partial charge in [0.25, 0.3) is 5.56 Å². The average molecular weight is 462 g/mol. The average Bonchev–Trinajstić information content (AvgIpc) is 2.78. The Balaban J connectivity index is 1.46. The Kier molecular flexibility index (Phi) is 5.39. The molecule has 3 heterocycles. The summed E-state index contributed by atoms with van der Waals surface area (Å²) >= 11 is 0. The minimum Gasteiger partial charge on any atom is -0.372 e. The van der Waals surface area contributed by atoms with Gasteiger partial charge in [0, 0.05) is 31.7 Å². The second kappa shape index (κ2) is 8.16. The molecule has 9 heteroatoms. The van der Waals surface area contributed by atoms with Gasteiger partial charge in [0.05, 0.1) is 23.0 Å². The van der Waals surface area contributed by atoms with Crippen molar-refractivity contribution < 1.29 is 4.79 Å². The largest absolute Gasteiger partial charge is 0.372 e. The molecule has 0 aromatic carbocycles. The van der Waals surface area contributed by atoms with Crippen LogP contribution in [0, 0.1) is 11.8 Å². The molecule has 1 atom stereocenters. The summed E-state index contributed by atoms with van der Waals surface area (Å²) < 4.78 is 1.77. The van der Waals surface area contributed by atoms with E-state index in [2.05, 4.69) is 46.1 Å². The number of carbonyl (C=O) groups is 1. The number of hydrogen-bond donors (Lipinski definition) is 1. The molecular weight excluding hydrogens is 430 g/mol. The highest BCUT2D eigenvalue weighted by Crippen LogP contribution is 2.66. The normalized spacial score (nSPS) is 22.9. The van der Waals surface area contributed by atoms with Crippen LogP contribution in [-0.2, 0) is 5.54 Å². The number of Topliss-reactive ketones (excluding diaryl/α,β-unsaturated/α-hetero) is 1. The molecule has 0 radical (unpaired) electrons. The summed E-state index contributed by atoms with van der Waals surface area (Å²) in [6, 6.07) is 5.52. The molecule has 9 nitrogen and oxygen atoms in total. The van der Waals surface area contributed by atoms with E-state index in [0.717, 1.165) is 31.6 Å². The zero-order chi connectivity index (χ0) is 24.2. The van der Waals surface area contributed by atoms with E-state index in [4.69, 9.17) is 4.98 Å². The highest BCUT2D eigenvalue weighted by Gasteiger charge is 2.65. The Hall–Kier alpha value is -3.33. The molecular formula is C25H31N7O2. The molecule has 3 aromatic heterocycles. The number of pyridine rings is 2. The van der Waals surface area contributed by atoms with E-state index >= 15 is 0 Å². The Morgan fingerprint density at radius 1 is 1.18 bits per heavy atom. The van der Waals surface area contributed by atoms with Crippen LogP contribution in [0.5, 0.6) is 0 Å². The summed E-state index contributed by atoms with van der Waals surface area (Å²) in [5, 5.41) is 3.86. The van der Waals surface area contributed by atoms with Gasteiger partial charge in [-0.3, -0.25) is 14.2 Å². The Labute approximate surface area is 198 Å². The maximum atomic E-state index is 13.3. The molecule has 3 saturated carbocycles. The first kappa shape index (κ1) is 22.5. The third-order valence-electron chi connectivity index (χ3n) is 7.66. The number of fused-ring (bicyclic) bond motifs is 1. The molecule has 178 valence electrons. The van der Waals surface area contributed by atoms with Gasteiger partial charge >= 0.3 is 0 Å². The lowest BCUT2D eigenvalue weighted by atomic mass is 9.42. The van der Waals surface area contributed by atoms with Crippen LogP contribution in [0.3, 0.4) is 0 Å². The fourth-order valence-corrected chi connectivity index (χ4v) is 5.18. The number of rotatable bonds is 8. The van der Waals surface area contributed by atoms with Crippen molar-refractivity contribution in [3.63, 3.8) is 0 Å². The number of aromatic nitrogens is 4. The molecule has 0 amide bonds. The lowest BCUT2D eigenvalue weighted by Crippen LogP contribution is -2.69. The molecule has 1 N–H and O–H groups in total. The highest BCUT2D eigenvalue weighted by molar-refractivity contribution is 5.96. The minimum atomic E-state index is -0.252. The Morgan fingerprint density at radius 3 is 2.50 bits per heavy atom. The molecule has 6 rings (SSSR count). The number of carbonyl (C=O) groups excluding carboxylic acids is 1. The van der Waals surface area contributed by atoms with Crippen LogP contribution in [0.1, 0.15) is 37.0 Å². The summed E-state index contributed by atoms with van der Waals surface area (Å²) in [6.45, 7) is 5.46. The van der Waals surface area contributed by atoms with E-state index in [-0.39, 0.29) is 22.4 Å². The zero-order valence-corrected chi connectivity index (χ0v) is 20.4. The lowest BCUT2D eigenvalue weighted by molar-refractivity contribution is -0.162. The first-order chi connectivity index (χ1) is 16.2. The zero-order valence-electron chi connectivity index (χ0n) is 20.4. The van der Waals surface area contributed by atoms with E-state index in [9.17, 15) is 9.59 Å². The summed E-state index contributed by atoms with van der Waals surface area (Å²) in [7, 11) is 6.15. The topological polar surface area (TPSA) is 96.2 Å². The first-order valence-corrected chi connectivity index (χ1v) is 11.7. The molecule has 34 heavy (non-hydrogen) atoms. The number of ketones is 1. The van der Waals surface area contributed by atoms with Crippen LogP contribution in [-0.4, -0.2) is 64.4 Å². The Bertz CT molecular complexity index is 1310. The number of nitrogens with zero attached hydrogens (tertiary/aromatic N) is 6. The predicted molar refractivity (Wildman–Crippen MR) is 133 cm³/mol. The fraction of sp³-hybridized carbons (Fsp3) is 0.480. The highest BCUT2D eigenvalue weighted by atomic mass is 16.1. The van der Waals surface area contributed by atoms with Crippen molar-refractivity contribution in [2.45, 2.75) is 32.2 Å². The second-order valence-electron chi connectivity index (χ2n) is 10.0. The van der Waals surface area contributed by atoms with Crippen LogP contribution >= 0.6 is 0 Å². The second-order valence-corrected chi connectivity index (χ2v) is 10.0. The van der Waals surface area contributed by atoms with Gasteiger partial charge in [0.15, 0.2) is 5.78 Å². The van der Waals surface area contributed by atoms with Gasteiger partial charge in [0.1, 0.15) is 11.5 Å². The van der Waals surface area contributed by atoms with Crippen molar-refractivity contribution in [2.75, 3.05) is 44.4 Å². The monoisotopic (exact) mass is 461 g/mol. The van der Waals surface area contributed by atoms with E-state index < -0.39 is 0 Å². The fourth-order valence-electron chi connectivity index (χ4n) is 5.18. The maximum absolute atomic E-state index is 13.3. The van der Waals surface area contributed by atoms with Gasteiger partial charge < -0.3 is 15.1 Å². The first-order valence-electron chi connectivity index (χ1n) is 11.7. The van der Waals surface area contributed by atoms with E-state index in [0.29, 0.717) is 34.6 Å². The van der Waals surface area contributed by atoms with Crippen LogP contribution in [0.25, 0.3) is 11.0 Å². The number of nitrogens with one attached hydrogen (secondary N) is 1. The summed E-state index contributed by atoms with van der Waals surface area (Å²) in [5.74, 6) is 1.82. The van der Waals surface area contributed by atoms with Gasteiger partial charge in [-0.2, -0.15) is 4.98 Å². The van der Waals surface area contributed by atoms with Gasteiger partial charge in [-0.05, 0) is 63.9 Å². The predicted octanol–water partition coefficient (Wildman–Crippen LogP) is 2.89. The summed E-state index contributed by atoms with van der Waals surface area (Å²) in [6.07, 6.45) is 5.41. The number of likely N-dealkylation sites (N-methyl/N-ethyl adjacent to an activating group) is 2. The van der Waals surface area contributed by atoms with Crippen LogP contribution in [0.15, 0.2) is 35.4 Å². The third-order valence-corrected chi connectivity index (χ3v) is 7.66. The molecule has 0 aliphatic heterocycles. The van der Waals surface area contributed by atoms with Gasteiger partial charge in [0.2, 0.25) is 5.95 Å². The molecule has 2 bridgehead atoms. The SMILES string of the molecule is CC(=O)c1cc2cnc(Nc3ccc(N(C)CCN(C)C)cn3)nc2n(C23CC(C2)[C@H]3C)c1=O. The molecule has 3 aliphatic carbocycles. The lowest BCUT2D eigenvalue weighted by Gasteiger charge is -2.68. The quantitative estimate of drug-likeness (QED) is 0.512. The van der Waals surface area contributed by atoms with Crippen molar-refractivity contribution in [1.82, 2.24) is 24.4 Å². The molecule has 0 saturated heterocycles. The van der Waals surface area contributed by atoms with Gasteiger partial charge in [-0.1, -0.05) is 6.92 Å². The van der Waals surface area contributed by atoms with Gasteiger partial charge in [-0.15, -0.1) is 0 Å². The standard InChI is InChI=1S/C25H31N7O2/c1-15-18-11-25(15,12-18)32-22-17(10-20(16(2)33)23(32)34)13-27-24(29-22)28-21-7-6-19(14-26-21)31(5)9-8-30(3)4/h6-7,10,13-15,18H,8-9,11-12H2,1-5H3,(H,26,27,28,29)/t15-,18?,25?/m1/s1. The number of anilines is 3. The van der Waals surface area contributed by atoms with Crippen molar-refractivity contribution in [1.29, 1.82) is 0 Å². The van der Waals surface area contributed by atoms with E-state index in [1.165, 1.54) is 6.92 Å². The van der Waals surface area contributed by atoms with Crippen LogP contribution < -0.4 is 15.8 Å². The minimum absolute atomic E-state index is 0.198. The summed E-state index contributed by atoms with van der Waals surface area (Å²) in [5.41, 5.74) is 1.29. The smallest absolute Gasteiger partial charge is 0.263 e. The van der Waals surface area contributed by atoms with Gasteiger partial charge in [-0.25, -0.2) is 9.97 Å². The maximum Gasteiger partial charge on any atom is 0.263 e. The molecule has 0 spiro atoms. The van der Waals surface area contributed by atoms with Crippen molar-refractivity contribution in [3.8, 4) is 0 Å². The van der Waals surface area contributed by atoms with Crippen LogP contribution in [0.2, 0.25) is 0 Å². The van der Waals surface area contributed by atoms with E-state index in [1.54, 1.807) is 16.8 Å². The molecule has 3 aromatic rings. The van der Waals surface area contributed by atoms with Crippen molar-refractivity contribution in [3.05, 3.63) is 46.5 Å². The van der Waals surface area contributed by atoms with Crippen molar-refractivity contribution >= 4 is 34.3 Å². The third kappa shape index (κ3) is 3.55. The van der Waals surface area contributed by atoms with Crippen LogP contribution in [0.4, 0.5) is 17.5 Å². The summed E-state index contributed by atoms with van der Waals surface area (Å²) in [4.78, 5) is 43.5.